The van der Waals surface area contributed by atoms with Crippen LogP contribution in [0.5, 0.6) is 0 Å². The maximum absolute atomic E-state index is 13.4. The lowest BCUT2D eigenvalue weighted by Crippen LogP contribution is -2.42. The van der Waals surface area contributed by atoms with Crippen LogP contribution in [0, 0.1) is 17.8 Å². The minimum absolute atomic E-state index is 0.0804. The number of hydrogen-bond donors (Lipinski definition) is 1. The molecule has 2 fully saturated rings. The summed E-state index contributed by atoms with van der Waals surface area (Å²) in [7, 11) is 2.15. The number of aromatic nitrogens is 1. The van der Waals surface area contributed by atoms with Crippen molar-refractivity contribution in [2.75, 3.05) is 46.1 Å². The molecule has 5 rings (SSSR count). The Morgan fingerprint density at radius 1 is 1.09 bits per heavy atom. The van der Waals surface area contributed by atoms with E-state index in [-0.39, 0.29) is 18.4 Å². The highest BCUT2D eigenvalue weighted by Crippen LogP contribution is 2.39. The number of rotatable bonds is 7. The van der Waals surface area contributed by atoms with E-state index in [2.05, 4.69) is 29.1 Å². The quantitative estimate of drug-likeness (QED) is 0.659. The summed E-state index contributed by atoms with van der Waals surface area (Å²) in [5.41, 5.74) is 4.69. The molecule has 190 valence electrons. The molecule has 3 aliphatic rings. The van der Waals surface area contributed by atoms with Crippen LogP contribution in [0.25, 0.3) is 10.9 Å². The number of carbonyl (C=O) groups is 2. The van der Waals surface area contributed by atoms with E-state index in [1.807, 2.05) is 13.0 Å². The summed E-state index contributed by atoms with van der Waals surface area (Å²) in [4.78, 5) is 27.6. The van der Waals surface area contributed by atoms with Gasteiger partial charge in [0.1, 0.15) is 0 Å². The Morgan fingerprint density at radius 2 is 1.89 bits per heavy atom. The molecule has 0 spiro atoms. The third-order valence-electron chi connectivity index (χ3n) is 8.45. The summed E-state index contributed by atoms with van der Waals surface area (Å²) in [5.74, 6) is 1.62. The van der Waals surface area contributed by atoms with E-state index in [4.69, 9.17) is 9.47 Å². The molecule has 0 radical (unpaired) electrons. The van der Waals surface area contributed by atoms with Crippen LogP contribution in [0.3, 0.4) is 0 Å². The van der Waals surface area contributed by atoms with Gasteiger partial charge < -0.3 is 24.3 Å². The fraction of sp³-hybridized carbons (Fsp3) is 0.643. The van der Waals surface area contributed by atoms with Crippen molar-refractivity contribution in [3.63, 3.8) is 0 Å². The highest BCUT2D eigenvalue weighted by molar-refractivity contribution is 6.00. The van der Waals surface area contributed by atoms with E-state index >= 15 is 0 Å². The first-order valence-corrected chi connectivity index (χ1v) is 13.4. The molecule has 2 amide bonds. The molecule has 2 aromatic rings. The smallest absolute Gasteiger partial charge is 0.254 e. The molecular formula is C28H39N3O4. The lowest BCUT2D eigenvalue weighted by molar-refractivity contribution is -0.121. The van der Waals surface area contributed by atoms with Crippen LogP contribution in [0.1, 0.15) is 54.2 Å². The molecule has 3 heterocycles. The number of hydrogen-bond acceptors (Lipinski definition) is 4. The van der Waals surface area contributed by atoms with E-state index in [1.54, 1.807) is 4.90 Å². The molecule has 1 aromatic carbocycles. The van der Waals surface area contributed by atoms with Gasteiger partial charge in [0.05, 0.1) is 13.2 Å². The fourth-order valence-electron chi connectivity index (χ4n) is 6.27. The van der Waals surface area contributed by atoms with E-state index in [1.165, 1.54) is 28.6 Å². The number of nitrogens with one attached hydrogen (secondary N) is 1. The summed E-state index contributed by atoms with van der Waals surface area (Å²) in [6.45, 7) is 6.36. The van der Waals surface area contributed by atoms with Gasteiger partial charge in [-0.05, 0) is 81.0 Å². The van der Waals surface area contributed by atoms with Gasteiger partial charge in [-0.25, -0.2) is 0 Å². The van der Waals surface area contributed by atoms with Crippen molar-refractivity contribution in [3.05, 3.63) is 35.0 Å². The maximum Gasteiger partial charge on any atom is 0.254 e. The molecule has 1 N–H and O–H groups in total. The second-order valence-electron chi connectivity index (χ2n) is 10.5. The van der Waals surface area contributed by atoms with Crippen LogP contribution in [-0.4, -0.2) is 67.3 Å². The van der Waals surface area contributed by atoms with Crippen LogP contribution in [0.4, 0.5) is 0 Å². The average Bonchev–Trinajstić information content (AvgIpc) is 3.52. The summed E-state index contributed by atoms with van der Waals surface area (Å²) >= 11 is 0. The Bertz CT molecular complexity index is 1070. The first-order chi connectivity index (χ1) is 17.0. The number of aryl methyl sites for hydroxylation is 1. The maximum atomic E-state index is 13.4. The van der Waals surface area contributed by atoms with Gasteiger partial charge in [0.15, 0.2) is 0 Å². The lowest BCUT2D eigenvalue weighted by Gasteiger charge is -2.33. The van der Waals surface area contributed by atoms with Gasteiger partial charge in [-0.2, -0.15) is 0 Å². The molecule has 7 nitrogen and oxygen atoms in total. The van der Waals surface area contributed by atoms with Gasteiger partial charge in [0.2, 0.25) is 5.91 Å². The van der Waals surface area contributed by atoms with E-state index in [9.17, 15) is 9.59 Å². The minimum atomic E-state index is -0.107. The third kappa shape index (κ3) is 5.12. The summed E-state index contributed by atoms with van der Waals surface area (Å²) in [5, 5.41) is 4.18. The number of nitrogens with zero attached hydrogens (tertiary/aromatic N) is 2. The number of ether oxygens (including phenoxy) is 2. The first-order valence-electron chi connectivity index (χ1n) is 13.4. The SMILES string of the molecule is CCN(CC(=O)NCC1CCOC1)C(=O)c1ccc2c(c1)c1c(n2C)CCC(C2CCOCC2)C1. The van der Waals surface area contributed by atoms with Crippen molar-refractivity contribution in [2.24, 2.45) is 24.8 Å². The number of carbonyl (C=O) groups excluding carboxylic acids is 2. The fourth-order valence-corrected chi connectivity index (χ4v) is 6.27. The van der Waals surface area contributed by atoms with Crippen molar-refractivity contribution < 1.29 is 19.1 Å². The zero-order chi connectivity index (χ0) is 24.4. The van der Waals surface area contributed by atoms with Gasteiger partial charge in [-0.1, -0.05) is 0 Å². The Labute approximate surface area is 208 Å². The molecule has 2 aliphatic heterocycles. The highest BCUT2D eigenvalue weighted by Gasteiger charge is 2.31. The summed E-state index contributed by atoms with van der Waals surface area (Å²) in [6.07, 6.45) is 6.72. The monoisotopic (exact) mass is 481 g/mol. The number of fused-ring (bicyclic) bond motifs is 3. The standard InChI is InChI=1S/C28H39N3O4/c1-3-31(17-27(32)29-16-19-8-11-35-18-19)28(33)22-5-7-26-24(15-22)23-14-21(4-6-25(23)30(26)2)20-9-12-34-13-10-20/h5,7,15,19-21H,3-4,6,8-14,16-18H2,1-2H3,(H,29,32). The van der Waals surface area contributed by atoms with Gasteiger partial charge in [0, 0.05) is 68.0 Å². The van der Waals surface area contributed by atoms with Crippen LogP contribution in [-0.2, 0) is 34.2 Å². The number of benzene rings is 1. The van der Waals surface area contributed by atoms with Crippen LogP contribution >= 0.6 is 0 Å². The lowest BCUT2D eigenvalue weighted by atomic mass is 9.75. The molecule has 7 heteroatoms. The van der Waals surface area contributed by atoms with Crippen molar-refractivity contribution in [1.29, 1.82) is 0 Å². The number of amides is 2. The molecule has 2 unspecified atom stereocenters. The van der Waals surface area contributed by atoms with Crippen molar-refractivity contribution in [1.82, 2.24) is 14.8 Å². The molecule has 2 atom stereocenters. The average molecular weight is 482 g/mol. The normalized spacial score (nSPS) is 22.8. The Kier molecular flexibility index (Phi) is 7.44. The van der Waals surface area contributed by atoms with Crippen LogP contribution < -0.4 is 5.32 Å². The Morgan fingerprint density at radius 3 is 2.63 bits per heavy atom. The molecule has 1 aromatic heterocycles. The second-order valence-corrected chi connectivity index (χ2v) is 10.5. The van der Waals surface area contributed by atoms with E-state index in [0.717, 1.165) is 57.8 Å². The predicted octanol–water partition coefficient (Wildman–Crippen LogP) is 3.32. The first kappa shape index (κ1) is 24.3. The highest BCUT2D eigenvalue weighted by atomic mass is 16.5. The topological polar surface area (TPSA) is 72.8 Å². The third-order valence-corrected chi connectivity index (χ3v) is 8.45. The summed E-state index contributed by atoms with van der Waals surface area (Å²) in [6, 6.07) is 6.07. The van der Waals surface area contributed by atoms with E-state index < -0.39 is 0 Å². The van der Waals surface area contributed by atoms with E-state index in [0.29, 0.717) is 37.1 Å². The van der Waals surface area contributed by atoms with Crippen LogP contribution in [0.15, 0.2) is 18.2 Å². The molecule has 35 heavy (non-hydrogen) atoms. The molecule has 0 saturated carbocycles. The Balaban J connectivity index is 1.31. The minimum Gasteiger partial charge on any atom is -0.381 e. The zero-order valence-corrected chi connectivity index (χ0v) is 21.2. The largest absolute Gasteiger partial charge is 0.381 e. The van der Waals surface area contributed by atoms with Gasteiger partial charge in [-0.3, -0.25) is 9.59 Å². The molecule has 2 saturated heterocycles. The van der Waals surface area contributed by atoms with Gasteiger partial charge in [0.25, 0.3) is 5.91 Å². The molecular weight excluding hydrogens is 442 g/mol. The van der Waals surface area contributed by atoms with Crippen molar-refractivity contribution >= 4 is 22.7 Å². The van der Waals surface area contributed by atoms with Crippen molar-refractivity contribution in [2.45, 2.75) is 45.4 Å². The zero-order valence-electron chi connectivity index (χ0n) is 21.2. The molecule has 0 bridgehead atoms. The van der Waals surface area contributed by atoms with Gasteiger partial charge in [-0.15, -0.1) is 0 Å². The second kappa shape index (κ2) is 10.7. The summed E-state index contributed by atoms with van der Waals surface area (Å²) < 4.78 is 13.3. The van der Waals surface area contributed by atoms with Crippen molar-refractivity contribution in [3.8, 4) is 0 Å². The number of likely N-dealkylation sites (N-methyl/N-ethyl adjacent to an activating group) is 1. The predicted molar refractivity (Wildman–Crippen MR) is 135 cm³/mol. The molecule has 1 aliphatic carbocycles. The Hall–Kier alpha value is -2.38. The van der Waals surface area contributed by atoms with Gasteiger partial charge >= 0.3 is 0 Å². The van der Waals surface area contributed by atoms with Crippen LogP contribution in [0.2, 0.25) is 0 Å².